The van der Waals surface area contributed by atoms with Crippen LogP contribution in [0.2, 0.25) is 0 Å². The van der Waals surface area contributed by atoms with Gasteiger partial charge in [-0.1, -0.05) is 5.21 Å². The number of carbonyl (C=O) groups is 1. The highest BCUT2D eigenvalue weighted by Gasteiger charge is 2.44. The van der Waals surface area contributed by atoms with E-state index in [2.05, 4.69) is 10.3 Å². The summed E-state index contributed by atoms with van der Waals surface area (Å²) in [6.07, 6.45) is -13.6. The first-order valence-corrected chi connectivity index (χ1v) is 4.43. The molecule has 19 heavy (non-hydrogen) atoms. The van der Waals surface area contributed by atoms with Gasteiger partial charge < -0.3 is 10.2 Å². The summed E-state index contributed by atoms with van der Waals surface area (Å²) in [5, 5.41) is 22.4. The topological polar surface area (TPSA) is 88.2 Å². The largest absolute Gasteiger partial charge is 0.476 e. The predicted molar refractivity (Wildman–Crippen MR) is 44.0 cm³/mol. The lowest BCUT2D eigenvalue weighted by atomic mass is 10.3. The van der Waals surface area contributed by atoms with Crippen LogP contribution in [0.15, 0.2) is 0 Å². The molecule has 6 nitrogen and oxygen atoms in total. The average Bonchev–Trinajstić information content (AvgIpc) is 2.59. The molecule has 1 aromatic heterocycles. The highest BCUT2D eigenvalue weighted by molar-refractivity contribution is 5.86. The van der Waals surface area contributed by atoms with E-state index in [0.717, 1.165) is 0 Å². The van der Waals surface area contributed by atoms with Gasteiger partial charge in [0.05, 0.1) is 6.54 Å². The van der Waals surface area contributed by atoms with Crippen molar-refractivity contribution in [3.63, 3.8) is 0 Å². The molecule has 0 saturated carbocycles. The molecule has 0 aliphatic rings. The minimum absolute atomic E-state index is 0.346. The summed E-state index contributed by atoms with van der Waals surface area (Å²) in [6, 6.07) is 0. The Morgan fingerprint density at radius 3 is 2.16 bits per heavy atom. The van der Waals surface area contributed by atoms with E-state index in [1.165, 1.54) is 0 Å². The van der Waals surface area contributed by atoms with Gasteiger partial charge in [-0.2, -0.15) is 26.3 Å². The molecule has 1 rings (SSSR count). The molecule has 0 spiro atoms. The number of carboxylic acids is 1. The van der Waals surface area contributed by atoms with Gasteiger partial charge in [0.2, 0.25) is 5.69 Å². The predicted octanol–water partition coefficient (Wildman–Crippen LogP) is 0.918. The summed E-state index contributed by atoms with van der Waals surface area (Å²) in [7, 11) is 0. The quantitative estimate of drug-likeness (QED) is 0.809. The first kappa shape index (κ1) is 15.2. The Kier molecular flexibility index (Phi) is 3.74. The highest BCUT2D eigenvalue weighted by Crippen LogP contribution is 2.32. The Morgan fingerprint density at radius 2 is 1.79 bits per heavy atom. The van der Waals surface area contributed by atoms with E-state index in [1.807, 2.05) is 0 Å². The van der Waals surface area contributed by atoms with E-state index >= 15 is 0 Å². The van der Waals surface area contributed by atoms with E-state index in [9.17, 15) is 31.1 Å². The first-order valence-electron chi connectivity index (χ1n) is 4.43. The maximum atomic E-state index is 12.5. The lowest BCUT2D eigenvalue weighted by Gasteiger charge is -2.16. The highest BCUT2D eigenvalue weighted by atomic mass is 19.4. The van der Waals surface area contributed by atoms with E-state index in [4.69, 9.17) is 10.2 Å². The first-order chi connectivity index (χ1) is 8.44. The second kappa shape index (κ2) is 4.68. The summed E-state index contributed by atoms with van der Waals surface area (Å²) >= 11 is 0. The third-order valence-corrected chi connectivity index (χ3v) is 1.93. The Labute approximate surface area is 99.8 Å². The van der Waals surface area contributed by atoms with Crippen LogP contribution < -0.4 is 0 Å². The number of carboxylic acid groups (broad SMARTS) is 1. The van der Waals surface area contributed by atoms with Gasteiger partial charge in [0.1, 0.15) is 0 Å². The molecule has 1 aromatic rings. The summed E-state index contributed by atoms with van der Waals surface area (Å²) in [4.78, 5) is 10.5. The third-order valence-electron chi connectivity index (χ3n) is 1.93. The van der Waals surface area contributed by atoms with Crippen LogP contribution in [-0.2, 0) is 12.7 Å². The van der Waals surface area contributed by atoms with Crippen LogP contribution in [0.5, 0.6) is 0 Å². The standard InChI is InChI=1S/C7H5F6N3O3/c8-6(9,10)2(17)1-16-4(7(11,12)13)3(5(18)19)14-15-16/h2,17H,1H2,(H,18,19). The Balaban J connectivity index is 3.20. The molecule has 0 aromatic carbocycles. The Hall–Kier alpha value is -1.85. The molecule has 1 unspecified atom stereocenters. The van der Waals surface area contributed by atoms with Crippen molar-refractivity contribution in [2.45, 2.75) is 25.0 Å². The van der Waals surface area contributed by atoms with Crippen molar-refractivity contribution in [2.75, 3.05) is 0 Å². The van der Waals surface area contributed by atoms with Crippen molar-refractivity contribution >= 4 is 5.97 Å². The number of alkyl halides is 6. The van der Waals surface area contributed by atoms with Crippen molar-refractivity contribution in [1.29, 1.82) is 0 Å². The smallest absolute Gasteiger partial charge is 0.435 e. The van der Waals surface area contributed by atoms with Gasteiger partial charge >= 0.3 is 18.3 Å². The molecule has 108 valence electrons. The van der Waals surface area contributed by atoms with Crippen LogP contribution in [0.1, 0.15) is 16.2 Å². The molecule has 0 amide bonds. The lowest BCUT2D eigenvalue weighted by Crippen LogP contribution is -2.34. The number of aromatic nitrogens is 3. The number of rotatable bonds is 3. The molecule has 1 heterocycles. The maximum absolute atomic E-state index is 12.5. The van der Waals surface area contributed by atoms with E-state index in [0.29, 0.717) is 0 Å². The monoisotopic (exact) mass is 293 g/mol. The zero-order valence-electron chi connectivity index (χ0n) is 8.70. The molecule has 0 radical (unpaired) electrons. The lowest BCUT2D eigenvalue weighted by molar-refractivity contribution is -0.209. The molecule has 0 aliphatic heterocycles. The van der Waals surface area contributed by atoms with Gasteiger partial charge in [0.15, 0.2) is 11.8 Å². The van der Waals surface area contributed by atoms with Crippen molar-refractivity contribution in [3.05, 3.63) is 11.4 Å². The minimum Gasteiger partial charge on any atom is -0.476 e. The molecule has 1 atom stereocenters. The van der Waals surface area contributed by atoms with Crippen LogP contribution in [0.4, 0.5) is 26.3 Å². The number of aromatic carboxylic acids is 1. The van der Waals surface area contributed by atoms with Crippen LogP contribution in [0.3, 0.4) is 0 Å². The molecule has 0 aliphatic carbocycles. The van der Waals surface area contributed by atoms with E-state index in [-0.39, 0.29) is 4.68 Å². The zero-order valence-corrected chi connectivity index (χ0v) is 8.70. The van der Waals surface area contributed by atoms with E-state index in [1.54, 1.807) is 0 Å². The third kappa shape index (κ3) is 3.33. The van der Waals surface area contributed by atoms with Crippen LogP contribution in [0.25, 0.3) is 0 Å². The van der Waals surface area contributed by atoms with Gasteiger partial charge in [0.25, 0.3) is 0 Å². The number of nitrogens with zero attached hydrogens (tertiary/aromatic N) is 3. The Bertz CT molecular complexity index is 479. The number of hydrogen-bond acceptors (Lipinski definition) is 4. The number of halogens is 6. The fourth-order valence-electron chi connectivity index (χ4n) is 1.13. The fourth-order valence-corrected chi connectivity index (χ4v) is 1.13. The normalized spacial score (nSPS) is 14.5. The molecule has 12 heteroatoms. The summed E-state index contributed by atoms with van der Waals surface area (Å²) in [6.45, 7) is -1.61. The zero-order chi connectivity index (χ0) is 15.0. The second-order valence-corrected chi connectivity index (χ2v) is 3.33. The summed E-state index contributed by atoms with van der Waals surface area (Å²) in [5.74, 6) is -2.10. The van der Waals surface area contributed by atoms with Crippen molar-refractivity contribution in [3.8, 4) is 0 Å². The molecule has 2 N–H and O–H groups in total. The molecule has 0 fully saturated rings. The molecule has 0 bridgehead atoms. The molecule has 0 saturated heterocycles. The van der Waals surface area contributed by atoms with Gasteiger partial charge in [-0.25, -0.2) is 9.48 Å². The maximum Gasteiger partial charge on any atom is 0.435 e. The van der Waals surface area contributed by atoms with Gasteiger partial charge in [-0.3, -0.25) is 0 Å². The second-order valence-electron chi connectivity index (χ2n) is 3.33. The van der Waals surface area contributed by atoms with Gasteiger partial charge in [0, 0.05) is 0 Å². The summed E-state index contributed by atoms with van der Waals surface area (Å²) in [5.41, 5.74) is -3.51. The molecular weight excluding hydrogens is 288 g/mol. The fraction of sp³-hybridized carbons (Fsp3) is 0.571. The number of hydrogen-bond donors (Lipinski definition) is 2. The number of aliphatic hydroxyl groups is 1. The van der Waals surface area contributed by atoms with Crippen molar-refractivity contribution in [1.82, 2.24) is 15.0 Å². The van der Waals surface area contributed by atoms with Crippen LogP contribution >= 0.6 is 0 Å². The summed E-state index contributed by atoms with van der Waals surface area (Å²) < 4.78 is 73.3. The number of aliphatic hydroxyl groups excluding tert-OH is 1. The minimum atomic E-state index is -5.28. The Morgan fingerprint density at radius 1 is 1.26 bits per heavy atom. The van der Waals surface area contributed by atoms with Gasteiger partial charge in [-0.05, 0) is 0 Å². The van der Waals surface area contributed by atoms with Crippen molar-refractivity contribution < 1.29 is 41.4 Å². The van der Waals surface area contributed by atoms with Crippen LogP contribution in [0, 0.1) is 0 Å². The van der Waals surface area contributed by atoms with Crippen LogP contribution in [-0.4, -0.2) is 43.5 Å². The molecular formula is C7H5F6N3O3. The SMILES string of the molecule is O=C(O)c1nnn(CC(O)C(F)(F)F)c1C(F)(F)F. The average molecular weight is 293 g/mol. The van der Waals surface area contributed by atoms with Crippen molar-refractivity contribution in [2.24, 2.45) is 0 Å². The van der Waals surface area contributed by atoms with E-state index < -0.39 is 42.4 Å². The van der Waals surface area contributed by atoms with Gasteiger partial charge in [-0.15, -0.1) is 5.10 Å².